The Kier molecular flexibility index (Phi) is 3.48. The number of pyridine rings is 1. The van der Waals surface area contributed by atoms with E-state index >= 15 is 0 Å². The van der Waals surface area contributed by atoms with Crippen molar-refractivity contribution in [2.24, 2.45) is 0 Å². The Hall–Kier alpha value is -2.50. The number of nitrogens with one attached hydrogen (secondary N) is 1. The minimum atomic E-state index is -0.902. The molecule has 4 rings (SSSR count). The minimum Gasteiger partial charge on any atom is -0.366 e. The van der Waals surface area contributed by atoms with E-state index in [1.165, 1.54) is 12.1 Å². The van der Waals surface area contributed by atoms with Crippen LogP contribution in [0.5, 0.6) is 0 Å². The van der Waals surface area contributed by atoms with Crippen LogP contribution in [0.15, 0.2) is 35.1 Å². The second kappa shape index (κ2) is 5.54. The Bertz CT molecular complexity index is 891. The first kappa shape index (κ1) is 15.1. The quantitative estimate of drug-likeness (QED) is 0.860. The van der Waals surface area contributed by atoms with Gasteiger partial charge in [0.25, 0.3) is 5.56 Å². The molecule has 0 radical (unpaired) electrons. The molecular weight excluding hydrogens is 314 g/mol. The number of carbonyl (C=O) groups is 1. The van der Waals surface area contributed by atoms with Crippen LogP contribution in [-0.2, 0) is 0 Å². The molecule has 6 heteroatoms. The Morgan fingerprint density at radius 3 is 2.62 bits per heavy atom. The zero-order valence-electron chi connectivity index (χ0n) is 12.9. The predicted octanol–water partition coefficient (Wildman–Crippen LogP) is 3.27. The van der Waals surface area contributed by atoms with Crippen molar-refractivity contribution in [3.05, 3.63) is 63.4 Å². The van der Waals surface area contributed by atoms with E-state index in [0.717, 1.165) is 37.8 Å². The Morgan fingerprint density at radius 2 is 1.83 bits per heavy atom. The molecule has 4 nitrogen and oxygen atoms in total. The summed E-state index contributed by atoms with van der Waals surface area (Å²) in [7, 11) is 0. The third kappa shape index (κ3) is 2.25. The van der Waals surface area contributed by atoms with Crippen LogP contribution in [0.1, 0.15) is 47.6 Å². The van der Waals surface area contributed by atoms with Gasteiger partial charge in [0.05, 0.1) is 17.2 Å². The fourth-order valence-corrected chi connectivity index (χ4v) is 3.80. The van der Waals surface area contributed by atoms with Crippen molar-refractivity contribution >= 4 is 11.6 Å². The third-order valence-corrected chi connectivity index (χ3v) is 4.93. The summed E-state index contributed by atoms with van der Waals surface area (Å²) in [6.07, 6.45) is 3.93. The monoisotopic (exact) mass is 330 g/mol. The van der Waals surface area contributed by atoms with Crippen LogP contribution < -0.4 is 10.9 Å². The summed E-state index contributed by atoms with van der Waals surface area (Å²) in [5, 5.41) is 3.27. The Morgan fingerprint density at radius 1 is 1.08 bits per heavy atom. The molecule has 1 saturated carbocycles. The smallest absolute Gasteiger partial charge is 0.252 e. The van der Waals surface area contributed by atoms with Gasteiger partial charge >= 0.3 is 0 Å². The van der Waals surface area contributed by atoms with Crippen molar-refractivity contribution in [1.82, 2.24) is 4.57 Å². The van der Waals surface area contributed by atoms with Gasteiger partial charge in [0.1, 0.15) is 17.5 Å². The maximum atomic E-state index is 14.0. The molecule has 124 valence electrons. The molecule has 0 bridgehead atoms. The Labute approximate surface area is 137 Å². The maximum absolute atomic E-state index is 14.0. The normalized spacial score (nSPS) is 21.8. The van der Waals surface area contributed by atoms with Gasteiger partial charge in [-0.2, -0.15) is 0 Å². The SMILES string of the molecule is O=C(c1ccc(F)cc1F)c1ccc(=O)n2c1N[C@H]1CCCC[C@H]12. The van der Waals surface area contributed by atoms with Crippen LogP contribution >= 0.6 is 0 Å². The lowest BCUT2D eigenvalue weighted by Crippen LogP contribution is -2.29. The zero-order valence-corrected chi connectivity index (χ0v) is 12.9. The van der Waals surface area contributed by atoms with Gasteiger partial charge in [-0.05, 0) is 31.0 Å². The number of hydrogen-bond donors (Lipinski definition) is 1. The molecule has 0 amide bonds. The molecule has 1 fully saturated rings. The van der Waals surface area contributed by atoms with E-state index in [4.69, 9.17) is 0 Å². The van der Waals surface area contributed by atoms with E-state index in [2.05, 4.69) is 5.32 Å². The van der Waals surface area contributed by atoms with Gasteiger partial charge in [-0.15, -0.1) is 0 Å². The van der Waals surface area contributed by atoms with E-state index in [-0.39, 0.29) is 28.8 Å². The molecule has 1 aliphatic carbocycles. The molecule has 1 aromatic carbocycles. The molecule has 0 spiro atoms. The molecule has 2 aromatic rings. The molecular formula is C18H16F2N2O2. The lowest BCUT2D eigenvalue weighted by atomic mass is 9.91. The highest BCUT2D eigenvalue weighted by Crippen LogP contribution is 2.38. The van der Waals surface area contributed by atoms with E-state index < -0.39 is 17.4 Å². The van der Waals surface area contributed by atoms with Gasteiger partial charge in [0.15, 0.2) is 5.78 Å². The molecule has 2 atom stereocenters. The first-order valence-electron chi connectivity index (χ1n) is 8.08. The van der Waals surface area contributed by atoms with Crippen LogP contribution in [0.3, 0.4) is 0 Å². The average molecular weight is 330 g/mol. The van der Waals surface area contributed by atoms with Crippen molar-refractivity contribution in [3.8, 4) is 0 Å². The fraction of sp³-hybridized carbons (Fsp3) is 0.333. The van der Waals surface area contributed by atoms with Crippen LogP contribution in [0.2, 0.25) is 0 Å². The van der Waals surface area contributed by atoms with Crippen molar-refractivity contribution in [2.45, 2.75) is 37.8 Å². The van der Waals surface area contributed by atoms with Gasteiger partial charge in [0, 0.05) is 18.2 Å². The number of rotatable bonds is 2. The number of anilines is 1. The molecule has 1 aromatic heterocycles. The minimum absolute atomic E-state index is 0.0343. The molecule has 24 heavy (non-hydrogen) atoms. The second-order valence-electron chi connectivity index (χ2n) is 6.36. The number of nitrogens with zero attached hydrogens (tertiary/aromatic N) is 1. The summed E-state index contributed by atoms with van der Waals surface area (Å²) in [4.78, 5) is 25.0. The summed E-state index contributed by atoms with van der Waals surface area (Å²) >= 11 is 0. The highest BCUT2D eigenvalue weighted by Gasteiger charge is 2.36. The van der Waals surface area contributed by atoms with E-state index in [1.54, 1.807) is 4.57 Å². The summed E-state index contributed by atoms with van der Waals surface area (Å²) < 4.78 is 28.7. The second-order valence-corrected chi connectivity index (χ2v) is 6.36. The topological polar surface area (TPSA) is 51.1 Å². The molecule has 0 saturated heterocycles. The van der Waals surface area contributed by atoms with E-state index in [9.17, 15) is 18.4 Å². The lowest BCUT2D eigenvalue weighted by molar-refractivity contribution is 0.103. The first-order valence-corrected chi connectivity index (χ1v) is 8.08. The van der Waals surface area contributed by atoms with Gasteiger partial charge in [0.2, 0.25) is 0 Å². The number of hydrogen-bond acceptors (Lipinski definition) is 3. The highest BCUT2D eigenvalue weighted by molar-refractivity contribution is 6.12. The van der Waals surface area contributed by atoms with Gasteiger partial charge in [-0.3, -0.25) is 14.2 Å². The van der Waals surface area contributed by atoms with Gasteiger partial charge in [-0.25, -0.2) is 8.78 Å². The Balaban J connectivity index is 1.82. The standard InChI is InChI=1S/C18H16F2N2O2/c19-10-5-6-11(13(20)9-10)17(24)12-7-8-16(23)22-15-4-2-1-3-14(15)21-18(12)22/h5-9,14-15,21H,1-4H2/t14-,15+/m0/s1. The van der Waals surface area contributed by atoms with Crippen molar-refractivity contribution in [3.63, 3.8) is 0 Å². The van der Waals surface area contributed by atoms with Crippen LogP contribution in [0.4, 0.5) is 14.6 Å². The number of carbonyl (C=O) groups excluding carboxylic acids is 1. The van der Waals surface area contributed by atoms with Gasteiger partial charge < -0.3 is 5.32 Å². The largest absolute Gasteiger partial charge is 0.366 e. The number of benzene rings is 1. The summed E-state index contributed by atoms with van der Waals surface area (Å²) in [6, 6.07) is 5.80. The predicted molar refractivity (Wildman–Crippen MR) is 85.4 cm³/mol. The van der Waals surface area contributed by atoms with Crippen LogP contribution in [0.25, 0.3) is 0 Å². The molecule has 0 unspecified atom stereocenters. The van der Waals surface area contributed by atoms with Crippen molar-refractivity contribution in [2.75, 3.05) is 5.32 Å². The van der Waals surface area contributed by atoms with E-state index in [0.29, 0.717) is 11.9 Å². The molecule has 2 heterocycles. The number of halogens is 2. The summed E-state index contributed by atoms with van der Waals surface area (Å²) in [6.45, 7) is 0. The van der Waals surface area contributed by atoms with Crippen LogP contribution in [0, 0.1) is 11.6 Å². The van der Waals surface area contributed by atoms with Crippen molar-refractivity contribution < 1.29 is 13.6 Å². The van der Waals surface area contributed by atoms with Crippen molar-refractivity contribution in [1.29, 1.82) is 0 Å². The zero-order chi connectivity index (χ0) is 16.8. The van der Waals surface area contributed by atoms with Crippen LogP contribution in [-0.4, -0.2) is 16.4 Å². The lowest BCUT2D eigenvalue weighted by Gasteiger charge is -2.25. The maximum Gasteiger partial charge on any atom is 0.252 e. The number of fused-ring (bicyclic) bond motifs is 3. The summed E-state index contributed by atoms with van der Waals surface area (Å²) in [5.74, 6) is -1.74. The number of aromatic nitrogens is 1. The van der Waals surface area contributed by atoms with E-state index in [1.807, 2.05) is 0 Å². The number of ketones is 1. The molecule has 2 aliphatic rings. The third-order valence-electron chi connectivity index (χ3n) is 4.93. The molecule has 1 N–H and O–H groups in total. The fourth-order valence-electron chi connectivity index (χ4n) is 3.80. The molecule has 1 aliphatic heterocycles. The van der Waals surface area contributed by atoms with Gasteiger partial charge in [-0.1, -0.05) is 12.8 Å². The summed E-state index contributed by atoms with van der Waals surface area (Å²) in [5.41, 5.74) is -0.118. The first-order chi connectivity index (χ1) is 11.6. The highest BCUT2D eigenvalue weighted by atomic mass is 19.1. The average Bonchev–Trinajstić information content (AvgIpc) is 2.95.